The van der Waals surface area contributed by atoms with Crippen LogP contribution >= 0.6 is 11.6 Å². The van der Waals surface area contributed by atoms with E-state index in [1.165, 1.54) is 32.1 Å². The van der Waals surface area contributed by atoms with Gasteiger partial charge in [-0.25, -0.2) is 0 Å². The zero-order valence-electron chi connectivity index (χ0n) is 11.4. The molecule has 102 valence electrons. The quantitative estimate of drug-likeness (QED) is 0.831. The number of hydrogen-bond donors (Lipinski definition) is 1. The third-order valence-corrected chi connectivity index (χ3v) is 4.40. The Morgan fingerprint density at radius 3 is 2.83 bits per heavy atom. The van der Waals surface area contributed by atoms with Gasteiger partial charge in [-0.1, -0.05) is 33.1 Å². The van der Waals surface area contributed by atoms with Crippen molar-refractivity contribution in [2.75, 3.05) is 6.54 Å². The fourth-order valence-corrected chi connectivity index (χ4v) is 3.37. The standard InChI is InChI=1S/C15H24ClNO/c1-3-11-6-5-7-12(10-11)15(17-4-2)13-8-9-14(16)18-13/h8-9,11-12,15,17H,3-7,10H2,1-2H3. The summed E-state index contributed by atoms with van der Waals surface area (Å²) in [6.45, 7) is 5.42. The van der Waals surface area contributed by atoms with Crippen LogP contribution in [0.5, 0.6) is 0 Å². The summed E-state index contributed by atoms with van der Waals surface area (Å²) in [4.78, 5) is 0. The molecule has 18 heavy (non-hydrogen) atoms. The molecule has 1 fully saturated rings. The van der Waals surface area contributed by atoms with Gasteiger partial charge in [0.2, 0.25) is 0 Å². The Labute approximate surface area is 115 Å². The van der Waals surface area contributed by atoms with Gasteiger partial charge in [0, 0.05) is 0 Å². The molecule has 1 aromatic rings. The van der Waals surface area contributed by atoms with Crippen LogP contribution in [0.3, 0.4) is 0 Å². The van der Waals surface area contributed by atoms with Gasteiger partial charge in [-0.15, -0.1) is 0 Å². The minimum Gasteiger partial charge on any atom is -0.448 e. The minimum atomic E-state index is 0.330. The first-order valence-electron chi connectivity index (χ1n) is 7.23. The van der Waals surface area contributed by atoms with Crippen molar-refractivity contribution in [3.8, 4) is 0 Å². The molecule has 0 radical (unpaired) electrons. The van der Waals surface area contributed by atoms with E-state index in [-0.39, 0.29) is 0 Å². The first-order chi connectivity index (χ1) is 8.74. The average molecular weight is 270 g/mol. The van der Waals surface area contributed by atoms with Gasteiger partial charge >= 0.3 is 0 Å². The number of furan rings is 1. The molecule has 1 aliphatic rings. The summed E-state index contributed by atoms with van der Waals surface area (Å²) in [7, 11) is 0. The monoisotopic (exact) mass is 269 g/mol. The van der Waals surface area contributed by atoms with Gasteiger partial charge in [-0.05, 0) is 55.0 Å². The van der Waals surface area contributed by atoms with E-state index in [0.717, 1.165) is 18.2 Å². The predicted molar refractivity (Wildman–Crippen MR) is 75.9 cm³/mol. The van der Waals surface area contributed by atoms with E-state index >= 15 is 0 Å². The number of rotatable bonds is 5. The smallest absolute Gasteiger partial charge is 0.193 e. The first-order valence-corrected chi connectivity index (χ1v) is 7.61. The summed E-state index contributed by atoms with van der Waals surface area (Å²) >= 11 is 5.91. The van der Waals surface area contributed by atoms with E-state index in [1.54, 1.807) is 0 Å². The molecule has 3 heteroatoms. The highest BCUT2D eigenvalue weighted by Gasteiger charge is 2.30. The molecule has 0 amide bonds. The second kappa shape index (κ2) is 6.63. The van der Waals surface area contributed by atoms with Crippen LogP contribution in [-0.4, -0.2) is 6.54 Å². The second-order valence-electron chi connectivity index (χ2n) is 5.38. The molecule has 1 heterocycles. The van der Waals surface area contributed by atoms with Crippen LogP contribution in [0.25, 0.3) is 0 Å². The summed E-state index contributed by atoms with van der Waals surface area (Å²) in [6.07, 6.45) is 6.65. The summed E-state index contributed by atoms with van der Waals surface area (Å²) in [5.41, 5.74) is 0. The summed E-state index contributed by atoms with van der Waals surface area (Å²) in [6, 6.07) is 4.20. The van der Waals surface area contributed by atoms with Crippen LogP contribution in [0.15, 0.2) is 16.5 Å². The molecule has 3 atom stereocenters. The minimum absolute atomic E-state index is 0.330. The van der Waals surface area contributed by atoms with Crippen LogP contribution in [0.2, 0.25) is 5.22 Å². The van der Waals surface area contributed by atoms with E-state index < -0.39 is 0 Å². The molecule has 0 bridgehead atoms. The Kier molecular flexibility index (Phi) is 5.13. The van der Waals surface area contributed by atoms with Crippen molar-refractivity contribution >= 4 is 11.6 Å². The molecule has 1 aromatic heterocycles. The number of hydrogen-bond acceptors (Lipinski definition) is 2. The largest absolute Gasteiger partial charge is 0.448 e. The number of halogens is 1. The highest BCUT2D eigenvalue weighted by Crippen LogP contribution is 2.39. The Bertz CT molecular complexity index is 363. The zero-order valence-corrected chi connectivity index (χ0v) is 12.2. The van der Waals surface area contributed by atoms with Gasteiger partial charge in [0.1, 0.15) is 5.76 Å². The van der Waals surface area contributed by atoms with Crippen LogP contribution in [-0.2, 0) is 0 Å². The second-order valence-corrected chi connectivity index (χ2v) is 5.75. The molecule has 3 unspecified atom stereocenters. The molecule has 1 saturated carbocycles. The lowest BCUT2D eigenvalue weighted by Gasteiger charge is -2.33. The average Bonchev–Trinajstić information content (AvgIpc) is 2.82. The maximum atomic E-state index is 5.91. The Morgan fingerprint density at radius 1 is 1.39 bits per heavy atom. The Morgan fingerprint density at radius 2 is 2.22 bits per heavy atom. The van der Waals surface area contributed by atoms with Crippen LogP contribution in [0, 0.1) is 11.8 Å². The maximum Gasteiger partial charge on any atom is 0.193 e. The molecular formula is C15H24ClNO. The molecule has 2 rings (SSSR count). The highest BCUT2D eigenvalue weighted by molar-refractivity contribution is 6.28. The zero-order chi connectivity index (χ0) is 13.0. The normalized spacial score (nSPS) is 26.2. The van der Waals surface area contributed by atoms with Crippen LogP contribution < -0.4 is 5.32 Å². The summed E-state index contributed by atoms with van der Waals surface area (Å²) < 4.78 is 5.62. The molecule has 1 aliphatic carbocycles. The van der Waals surface area contributed by atoms with Gasteiger partial charge in [0.15, 0.2) is 5.22 Å². The van der Waals surface area contributed by atoms with Crippen LogP contribution in [0.4, 0.5) is 0 Å². The molecular weight excluding hydrogens is 246 g/mol. The van der Waals surface area contributed by atoms with E-state index in [0.29, 0.717) is 17.2 Å². The van der Waals surface area contributed by atoms with E-state index in [9.17, 15) is 0 Å². The Balaban J connectivity index is 2.09. The predicted octanol–water partition coefficient (Wildman–Crippen LogP) is 4.80. The van der Waals surface area contributed by atoms with Crippen molar-refractivity contribution in [2.45, 2.75) is 52.0 Å². The fraction of sp³-hybridized carbons (Fsp3) is 0.733. The lowest BCUT2D eigenvalue weighted by molar-refractivity contribution is 0.195. The molecule has 0 aliphatic heterocycles. The lowest BCUT2D eigenvalue weighted by Crippen LogP contribution is -2.31. The van der Waals surface area contributed by atoms with Gasteiger partial charge in [-0.3, -0.25) is 0 Å². The van der Waals surface area contributed by atoms with Crippen LogP contribution in [0.1, 0.15) is 57.8 Å². The van der Waals surface area contributed by atoms with E-state index in [4.69, 9.17) is 16.0 Å². The van der Waals surface area contributed by atoms with E-state index in [1.807, 2.05) is 12.1 Å². The van der Waals surface area contributed by atoms with Crippen molar-refractivity contribution in [1.29, 1.82) is 0 Å². The van der Waals surface area contributed by atoms with Crippen molar-refractivity contribution in [3.63, 3.8) is 0 Å². The lowest BCUT2D eigenvalue weighted by atomic mass is 9.76. The topological polar surface area (TPSA) is 25.2 Å². The van der Waals surface area contributed by atoms with Crippen molar-refractivity contribution in [2.24, 2.45) is 11.8 Å². The van der Waals surface area contributed by atoms with E-state index in [2.05, 4.69) is 19.2 Å². The highest BCUT2D eigenvalue weighted by atomic mass is 35.5. The van der Waals surface area contributed by atoms with Crippen molar-refractivity contribution in [1.82, 2.24) is 5.32 Å². The van der Waals surface area contributed by atoms with Crippen molar-refractivity contribution < 1.29 is 4.42 Å². The maximum absolute atomic E-state index is 5.91. The van der Waals surface area contributed by atoms with Crippen molar-refractivity contribution in [3.05, 3.63) is 23.1 Å². The third kappa shape index (κ3) is 3.30. The molecule has 1 N–H and O–H groups in total. The number of nitrogens with one attached hydrogen (secondary N) is 1. The Hall–Kier alpha value is -0.470. The molecule has 2 nitrogen and oxygen atoms in total. The van der Waals surface area contributed by atoms with Gasteiger partial charge < -0.3 is 9.73 Å². The third-order valence-electron chi connectivity index (χ3n) is 4.20. The SMILES string of the molecule is CCNC(c1ccc(Cl)o1)C1CCCC(CC)C1. The van der Waals surface area contributed by atoms with Gasteiger partial charge in [0.05, 0.1) is 6.04 Å². The first kappa shape index (κ1) is 14.0. The molecule has 0 saturated heterocycles. The van der Waals surface area contributed by atoms with Gasteiger partial charge in [-0.2, -0.15) is 0 Å². The van der Waals surface area contributed by atoms with Gasteiger partial charge in [0.25, 0.3) is 0 Å². The fourth-order valence-electron chi connectivity index (χ4n) is 3.22. The molecule has 0 aromatic carbocycles. The molecule has 0 spiro atoms. The summed E-state index contributed by atoms with van der Waals surface area (Å²) in [5, 5.41) is 4.07. The summed E-state index contributed by atoms with van der Waals surface area (Å²) in [5.74, 6) is 2.57.